The van der Waals surface area contributed by atoms with Gasteiger partial charge in [0, 0.05) is 32.4 Å². The first-order valence-electron chi connectivity index (χ1n) is 5.48. The Morgan fingerprint density at radius 2 is 2.22 bits per heavy atom. The average Bonchev–Trinajstić information content (AvgIpc) is 2.31. The first-order valence-corrected chi connectivity index (χ1v) is 5.48. The summed E-state index contributed by atoms with van der Waals surface area (Å²) in [6.45, 7) is 0.260. The van der Waals surface area contributed by atoms with Gasteiger partial charge in [-0.2, -0.15) is 0 Å². The molecule has 1 aromatic rings. The van der Waals surface area contributed by atoms with Crippen molar-refractivity contribution in [2.75, 3.05) is 13.6 Å². The van der Waals surface area contributed by atoms with Crippen LogP contribution in [0.1, 0.15) is 12.8 Å². The highest BCUT2D eigenvalue weighted by Crippen LogP contribution is 1.95. The van der Waals surface area contributed by atoms with Gasteiger partial charge in [-0.15, -0.1) is 0 Å². The molecule has 0 aliphatic rings. The zero-order chi connectivity index (χ0) is 13.5. The van der Waals surface area contributed by atoms with E-state index in [1.807, 2.05) is 0 Å². The monoisotopic (exact) mass is 253 g/mol. The SMILES string of the molecule is CN(CCCC(=O)O)C(=O)Cn1cccnc1=O. The average molecular weight is 253 g/mol. The summed E-state index contributed by atoms with van der Waals surface area (Å²) in [6, 6.07) is 1.57. The molecule has 0 saturated heterocycles. The number of aromatic nitrogens is 2. The number of carbonyl (C=O) groups is 2. The molecule has 18 heavy (non-hydrogen) atoms. The zero-order valence-corrected chi connectivity index (χ0v) is 10.1. The molecule has 0 aliphatic carbocycles. The van der Waals surface area contributed by atoms with E-state index >= 15 is 0 Å². The van der Waals surface area contributed by atoms with Gasteiger partial charge in [0.1, 0.15) is 6.54 Å². The van der Waals surface area contributed by atoms with E-state index in [2.05, 4.69) is 4.98 Å². The van der Waals surface area contributed by atoms with Crippen LogP contribution in [0.4, 0.5) is 0 Å². The summed E-state index contributed by atoms with van der Waals surface area (Å²) in [5, 5.41) is 8.48. The number of hydrogen-bond donors (Lipinski definition) is 1. The van der Waals surface area contributed by atoms with Crippen LogP contribution in [0.3, 0.4) is 0 Å². The highest BCUT2D eigenvalue weighted by atomic mass is 16.4. The van der Waals surface area contributed by atoms with E-state index in [9.17, 15) is 14.4 Å². The molecule has 0 saturated carbocycles. The van der Waals surface area contributed by atoms with E-state index in [4.69, 9.17) is 5.11 Å². The van der Waals surface area contributed by atoms with Crippen LogP contribution in [0.15, 0.2) is 23.3 Å². The maximum absolute atomic E-state index is 11.7. The third-order valence-electron chi connectivity index (χ3n) is 2.40. The van der Waals surface area contributed by atoms with E-state index < -0.39 is 11.7 Å². The minimum Gasteiger partial charge on any atom is -0.481 e. The van der Waals surface area contributed by atoms with Gasteiger partial charge in [-0.3, -0.25) is 14.2 Å². The van der Waals surface area contributed by atoms with Crippen LogP contribution in [-0.2, 0) is 16.1 Å². The van der Waals surface area contributed by atoms with Crippen molar-refractivity contribution >= 4 is 11.9 Å². The molecule has 98 valence electrons. The Labute approximate surface area is 104 Å². The van der Waals surface area contributed by atoms with Crippen molar-refractivity contribution < 1.29 is 14.7 Å². The zero-order valence-electron chi connectivity index (χ0n) is 10.1. The Kier molecular flexibility index (Phi) is 5.04. The standard InChI is InChI=1S/C11H15N3O4/c1-13(6-2-4-10(16)17)9(15)8-14-7-3-5-12-11(14)18/h3,5,7H,2,4,6,8H2,1H3,(H,16,17). The Hall–Kier alpha value is -2.18. The van der Waals surface area contributed by atoms with Crippen LogP contribution < -0.4 is 5.69 Å². The van der Waals surface area contributed by atoms with Crippen LogP contribution in [0.25, 0.3) is 0 Å². The first-order chi connectivity index (χ1) is 8.50. The third kappa shape index (κ3) is 4.36. The second-order valence-electron chi connectivity index (χ2n) is 3.84. The van der Waals surface area contributed by atoms with Gasteiger partial charge in [0.05, 0.1) is 0 Å². The lowest BCUT2D eigenvalue weighted by atomic mass is 10.3. The Morgan fingerprint density at radius 1 is 1.50 bits per heavy atom. The van der Waals surface area contributed by atoms with E-state index in [1.54, 1.807) is 13.1 Å². The number of likely N-dealkylation sites (N-methyl/N-ethyl adjacent to an activating group) is 1. The largest absolute Gasteiger partial charge is 0.481 e. The number of carboxylic acid groups (broad SMARTS) is 1. The Bertz CT molecular complexity index is 483. The lowest BCUT2D eigenvalue weighted by molar-refractivity contribution is -0.138. The van der Waals surface area contributed by atoms with Crippen molar-refractivity contribution in [1.29, 1.82) is 0 Å². The van der Waals surface area contributed by atoms with Crippen molar-refractivity contribution in [3.8, 4) is 0 Å². The molecule has 1 amide bonds. The number of carboxylic acids is 1. The predicted molar refractivity (Wildman–Crippen MR) is 63.0 cm³/mol. The summed E-state index contributed by atoms with van der Waals surface area (Å²) in [7, 11) is 1.57. The summed E-state index contributed by atoms with van der Waals surface area (Å²) >= 11 is 0. The summed E-state index contributed by atoms with van der Waals surface area (Å²) in [5.74, 6) is -1.14. The summed E-state index contributed by atoms with van der Waals surface area (Å²) in [5.41, 5.74) is -0.482. The molecular weight excluding hydrogens is 238 g/mol. The van der Waals surface area contributed by atoms with Gasteiger partial charge in [-0.1, -0.05) is 0 Å². The van der Waals surface area contributed by atoms with Crippen LogP contribution in [0.5, 0.6) is 0 Å². The van der Waals surface area contributed by atoms with Gasteiger partial charge in [0.15, 0.2) is 0 Å². The molecule has 7 nitrogen and oxygen atoms in total. The molecule has 7 heteroatoms. The Morgan fingerprint density at radius 3 is 2.83 bits per heavy atom. The topological polar surface area (TPSA) is 92.5 Å². The van der Waals surface area contributed by atoms with Crippen molar-refractivity contribution in [3.63, 3.8) is 0 Å². The van der Waals surface area contributed by atoms with Crippen LogP contribution in [0, 0.1) is 0 Å². The van der Waals surface area contributed by atoms with Crippen molar-refractivity contribution in [1.82, 2.24) is 14.5 Å². The third-order valence-corrected chi connectivity index (χ3v) is 2.40. The number of amides is 1. The van der Waals surface area contributed by atoms with Gasteiger partial charge in [-0.25, -0.2) is 9.78 Å². The number of aliphatic carboxylic acids is 1. The molecule has 1 aromatic heterocycles. The quantitative estimate of drug-likeness (QED) is 0.742. The minimum absolute atomic E-state index is 0.0183. The van der Waals surface area contributed by atoms with Gasteiger partial charge in [0.25, 0.3) is 0 Å². The van der Waals surface area contributed by atoms with Crippen LogP contribution in [-0.4, -0.2) is 45.0 Å². The number of nitrogens with zero attached hydrogens (tertiary/aromatic N) is 3. The molecular formula is C11H15N3O4. The fraction of sp³-hybridized carbons (Fsp3) is 0.455. The van der Waals surface area contributed by atoms with E-state index in [-0.39, 0.29) is 18.9 Å². The van der Waals surface area contributed by atoms with Gasteiger partial charge >= 0.3 is 11.7 Å². The molecule has 0 spiro atoms. The molecule has 0 bridgehead atoms. The second kappa shape index (κ2) is 6.53. The van der Waals surface area contributed by atoms with Crippen molar-refractivity contribution in [2.45, 2.75) is 19.4 Å². The lowest BCUT2D eigenvalue weighted by Crippen LogP contribution is -2.35. The maximum atomic E-state index is 11.7. The van der Waals surface area contributed by atoms with E-state index in [0.717, 1.165) is 0 Å². The fourth-order valence-corrected chi connectivity index (χ4v) is 1.37. The second-order valence-corrected chi connectivity index (χ2v) is 3.84. The summed E-state index contributed by atoms with van der Waals surface area (Å²) < 4.78 is 1.20. The normalized spacial score (nSPS) is 10.1. The highest BCUT2D eigenvalue weighted by molar-refractivity contribution is 5.75. The van der Waals surface area contributed by atoms with Crippen molar-refractivity contribution in [3.05, 3.63) is 28.9 Å². The molecule has 0 aromatic carbocycles. The predicted octanol–water partition coefficient (Wildman–Crippen LogP) is -0.434. The van der Waals surface area contributed by atoms with E-state index in [0.29, 0.717) is 13.0 Å². The fourth-order valence-electron chi connectivity index (χ4n) is 1.37. The number of hydrogen-bond acceptors (Lipinski definition) is 4. The molecule has 0 fully saturated rings. The molecule has 1 rings (SSSR count). The van der Waals surface area contributed by atoms with E-state index in [1.165, 1.54) is 21.9 Å². The van der Waals surface area contributed by atoms with Crippen LogP contribution in [0.2, 0.25) is 0 Å². The summed E-state index contributed by atoms with van der Waals surface area (Å²) in [4.78, 5) is 38.3. The molecule has 0 radical (unpaired) electrons. The number of rotatable bonds is 6. The smallest absolute Gasteiger partial charge is 0.347 e. The minimum atomic E-state index is -0.890. The molecule has 0 unspecified atom stereocenters. The van der Waals surface area contributed by atoms with Gasteiger partial charge in [-0.05, 0) is 12.5 Å². The maximum Gasteiger partial charge on any atom is 0.347 e. The first kappa shape index (κ1) is 13.9. The highest BCUT2D eigenvalue weighted by Gasteiger charge is 2.10. The summed E-state index contributed by atoms with van der Waals surface area (Å²) in [6.07, 6.45) is 3.25. The van der Waals surface area contributed by atoms with Gasteiger partial charge in [0.2, 0.25) is 5.91 Å². The molecule has 0 aliphatic heterocycles. The van der Waals surface area contributed by atoms with Crippen molar-refractivity contribution in [2.24, 2.45) is 0 Å². The van der Waals surface area contributed by atoms with Crippen LogP contribution >= 0.6 is 0 Å². The lowest BCUT2D eigenvalue weighted by Gasteiger charge is -2.16. The Balaban J connectivity index is 2.48. The molecule has 1 N–H and O–H groups in total. The number of carbonyl (C=O) groups excluding carboxylic acids is 1. The molecule has 1 heterocycles. The molecule has 0 atom stereocenters. The van der Waals surface area contributed by atoms with Gasteiger partial charge < -0.3 is 10.0 Å².